The average Bonchev–Trinajstić information content (AvgIpc) is 2.32. The first-order valence-electron chi connectivity index (χ1n) is 7.53. The van der Waals surface area contributed by atoms with Crippen LogP contribution in [-0.4, -0.2) is 35.0 Å². The van der Waals surface area contributed by atoms with E-state index < -0.39 is 66.9 Å². The van der Waals surface area contributed by atoms with Gasteiger partial charge in [0.15, 0.2) is 0 Å². The molecule has 0 fully saturated rings. The van der Waals surface area contributed by atoms with Crippen LogP contribution in [-0.2, 0) is 14.3 Å². The van der Waals surface area contributed by atoms with E-state index in [1.807, 2.05) is 0 Å². The number of aliphatic carboxylic acids is 1. The van der Waals surface area contributed by atoms with Gasteiger partial charge in [0.2, 0.25) is 0 Å². The van der Waals surface area contributed by atoms with Crippen molar-refractivity contribution >= 4 is 11.9 Å². The molecule has 0 aromatic heterocycles. The molecule has 0 saturated carbocycles. The van der Waals surface area contributed by atoms with E-state index in [2.05, 4.69) is 0 Å². The van der Waals surface area contributed by atoms with Crippen LogP contribution in [0, 0.1) is 17.8 Å². The minimum Gasteiger partial charge on any atom is -0.481 e. The Labute approximate surface area is 141 Å². The third-order valence-corrected chi connectivity index (χ3v) is 3.42. The van der Waals surface area contributed by atoms with Crippen molar-refractivity contribution in [1.82, 2.24) is 0 Å². The molecule has 0 saturated heterocycles. The largest absolute Gasteiger partial charge is 0.481 e. The van der Waals surface area contributed by atoms with Gasteiger partial charge in [-0.05, 0) is 33.6 Å². The number of hydrogen-bond donors (Lipinski definition) is 1. The van der Waals surface area contributed by atoms with Crippen molar-refractivity contribution in [3.63, 3.8) is 0 Å². The summed E-state index contributed by atoms with van der Waals surface area (Å²) in [4.78, 5) is 23.5. The zero-order chi connectivity index (χ0) is 20.2. The van der Waals surface area contributed by atoms with Crippen LogP contribution in [0.2, 0.25) is 0 Å². The van der Waals surface area contributed by atoms with Gasteiger partial charge >= 0.3 is 24.3 Å². The van der Waals surface area contributed by atoms with Crippen molar-refractivity contribution in [3.05, 3.63) is 0 Å². The highest BCUT2D eigenvalue weighted by Crippen LogP contribution is 2.37. The number of rotatable bonds is 7. The highest BCUT2D eigenvalue weighted by atomic mass is 19.4. The van der Waals surface area contributed by atoms with Gasteiger partial charge in [-0.1, -0.05) is 6.92 Å². The molecule has 0 aliphatic carbocycles. The lowest BCUT2D eigenvalue weighted by Gasteiger charge is -2.29. The lowest BCUT2D eigenvalue weighted by molar-refractivity contribution is -0.186. The zero-order valence-corrected chi connectivity index (χ0v) is 14.3. The van der Waals surface area contributed by atoms with E-state index in [1.165, 1.54) is 20.8 Å². The second kappa shape index (κ2) is 8.27. The summed E-state index contributed by atoms with van der Waals surface area (Å²) < 4.78 is 80.4. The molecule has 0 aliphatic rings. The van der Waals surface area contributed by atoms with E-state index in [4.69, 9.17) is 9.84 Å². The van der Waals surface area contributed by atoms with Gasteiger partial charge in [-0.2, -0.15) is 26.3 Å². The Morgan fingerprint density at radius 3 is 1.80 bits per heavy atom. The molecular weight excluding hydrogens is 358 g/mol. The summed E-state index contributed by atoms with van der Waals surface area (Å²) in [5, 5.41) is 9.15. The molecule has 0 heterocycles. The maximum atomic E-state index is 12.8. The number of alkyl halides is 6. The first-order valence-corrected chi connectivity index (χ1v) is 7.53. The number of hydrogen-bond acceptors (Lipinski definition) is 3. The number of carbonyl (C=O) groups is 2. The lowest BCUT2D eigenvalue weighted by Crippen LogP contribution is -2.38. The normalized spacial score (nSPS) is 16.9. The molecule has 10 heteroatoms. The van der Waals surface area contributed by atoms with Crippen LogP contribution >= 0.6 is 0 Å². The smallest absolute Gasteiger partial charge is 0.391 e. The second-order valence-electron chi connectivity index (χ2n) is 6.92. The summed E-state index contributed by atoms with van der Waals surface area (Å²) in [6.45, 7) is 4.99. The first-order chi connectivity index (χ1) is 10.9. The van der Waals surface area contributed by atoms with Gasteiger partial charge in [0, 0.05) is 6.42 Å². The zero-order valence-electron chi connectivity index (χ0n) is 14.3. The maximum Gasteiger partial charge on any atom is 0.391 e. The Balaban J connectivity index is 5.55. The molecule has 1 N–H and O–H groups in total. The van der Waals surface area contributed by atoms with Crippen LogP contribution in [0.4, 0.5) is 26.3 Å². The summed E-state index contributed by atoms with van der Waals surface area (Å²) in [7, 11) is 0. The van der Waals surface area contributed by atoms with Gasteiger partial charge in [-0.25, -0.2) is 0 Å². The SMILES string of the molecule is CC(CC(C(=O)OC(C)(C)C)[C@@H](CCC(F)(F)F)C(=O)O)C(F)(F)F. The molecule has 4 nitrogen and oxygen atoms in total. The van der Waals surface area contributed by atoms with E-state index in [0.29, 0.717) is 0 Å². The van der Waals surface area contributed by atoms with Crippen LogP contribution < -0.4 is 0 Å². The number of carboxylic acids is 1. The highest BCUT2D eigenvalue weighted by Gasteiger charge is 2.45. The van der Waals surface area contributed by atoms with Gasteiger partial charge in [0.25, 0.3) is 0 Å². The standard InChI is InChI=1S/C15H22F6O4/c1-8(15(19,20)21)7-10(12(24)25-13(2,3)4)9(11(22)23)5-6-14(16,17)18/h8-10H,5-7H2,1-4H3,(H,22,23)/t8?,9-,10?/m1/s1. The predicted octanol–water partition coefficient (Wildman–Crippen LogP) is 4.58. The summed E-state index contributed by atoms with van der Waals surface area (Å²) >= 11 is 0. The summed E-state index contributed by atoms with van der Waals surface area (Å²) in [6.07, 6.45) is -12.9. The highest BCUT2D eigenvalue weighted by molar-refractivity contribution is 5.81. The van der Waals surface area contributed by atoms with Crippen LogP contribution in [0.1, 0.15) is 47.0 Å². The molecule has 0 spiro atoms. The first kappa shape index (κ1) is 23.5. The fourth-order valence-corrected chi connectivity index (χ4v) is 2.13. The number of carboxylic acid groups (broad SMARTS) is 1. The van der Waals surface area contributed by atoms with Gasteiger partial charge in [0.05, 0.1) is 17.8 Å². The van der Waals surface area contributed by atoms with Gasteiger partial charge < -0.3 is 9.84 Å². The maximum absolute atomic E-state index is 12.8. The molecule has 0 aliphatic heterocycles. The quantitative estimate of drug-likeness (QED) is 0.519. The van der Waals surface area contributed by atoms with E-state index in [9.17, 15) is 35.9 Å². The molecule has 148 valence electrons. The summed E-state index contributed by atoms with van der Waals surface area (Å²) in [6, 6.07) is 0. The minimum absolute atomic E-state index is 0.736. The average molecular weight is 380 g/mol. The van der Waals surface area contributed by atoms with Gasteiger partial charge in [0.1, 0.15) is 5.60 Å². The van der Waals surface area contributed by atoms with E-state index in [0.717, 1.165) is 6.92 Å². The number of ether oxygens (including phenoxy) is 1. The van der Waals surface area contributed by atoms with Crippen LogP contribution in [0.15, 0.2) is 0 Å². The molecule has 0 aromatic carbocycles. The monoisotopic (exact) mass is 380 g/mol. The van der Waals surface area contributed by atoms with Gasteiger partial charge in [-0.3, -0.25) is 9.59 Å². The summed E-state index contributed by atoms with van der Waals surface area (Å²) in [5.74, 6) is -8.86. The molecular formula is C15H22F6O4. The van der Waals surface area contributed by atoms with Crippen molar-refractivity contribution in [3.8, 4) is 0 Å². The summed E-state index contributed by atoms with van der Waals surface area (Å²) in [5.41, 5.74) is -1.12. The fraction of sp³-hybridized carbons (Fsp3) is 0.867. The minimum atomic E-state index is -4.71. The molecule has 0 radical (unpaired) electrons. The molecule has 3 atom stereocenters. The van der Waals surface area contributed by atoms with Crippen molar-refractivity contribution in [1.29, 1.82) is 0 Å². The van der Waals surface area contributed by atoms with Crippen LogP contribution in [0.25, 0.3) is 0 Å². The van der Waals surface area contributed by atoms with E-state index in [-0.39, 0.29) is 0 Å². The van der Waals surface area contributed by atoms with Crippen LogP contribution in [0.5, 0.6) is 0 Å². The lowest BCUT2D eigenvalue weighted by atomic mass is 9.82. The second-order valence-corrected chi connectivity index (χ2v) is 6.92. The van der Waals surface area contributed by atoms with Crippen molar-refractivity contribution in [2.75, 3.05) is 0 Å². The molecule has 0 bridgehead atoms. The molecule has 25 heavy (non-hydrogen) atoms. The fourth-order valence-electron chi connectivity index (χ4n) is 2.13. The third kappa shape index (κ3) is 9.54. The van der Waals surface area contributed by atoms with Crippen molar-refractivity contribution in [2.45, 2.75) is 64.9 Å². The number of carbonyl (C=O) groups excluding carboxylic acids is 1. The Morgan fingerprint density at radius 1 is 1.00 bits per heavy atom. The Hall–Kier alpha value is -1.48. The van der Waals surface area contributed by atoms with Crippen LogP contribution in [0.3, 0.4) is 0 Å². The Kier molecular flexibility index (Phi) is 7.78. The number of esters is 1. The van der Waals surface area contributed by atoms with E-state index >= 15 is 0 Å². The Morgan fingerprint density at radius 2 is 1.48 bits per heavy atom. The molecule has 0 aromatic rings. The third-order valence-electron chi connectivity index (χ3n) is 3.42. The number of halogens is 6. The topological polar surface area (TPSA) is 63.6 Å². The molecule has 0 rings (SSSR count). The van der Waals surface area contributed by atoms with Crippen molar-refractivity contribution in [2.24, 2.45) is 17.8 Å². The predicted molar refractivity (Wildman–Crippen MR) is 75.6 cm³/mol. The molecule has 0 amide bonds. The van der Waals surface area contributed by atoms with Gasteiger partial charge in [-0.15, -0.1) is 0 Å². The van der Waals surface area contributed by atoms with E-state index in [1.54, 1.807) is 0 Å². The Bertz CT molecular complexity index is 464. The molecule has 2 unspecified atom stereocenters. The van der Waals surface area contributed by atoms with Crippen molar-refractivity contribution < 1.29 is 45.8 Å².